The molecule has 1 aromatic heterocycles. The highest BCUT2D eigenvalue weighted by atomic mass is 28.2. The molecule has 0 radical (unpaired) electrons. The molecule has 36 heavy (non-hydrogen) atoms. The van der Waals surface area contributed by atoms with E-state index in [1.165, 1.54) is 94.8 Å². The average Bonchev–Trinajstić information content (AvgIpc) is 2.90. The Bertz CT molecular complexity index is 751. The fourth-order valence-corrected chi connectivity index (χ4v) is 6.49. The number of hydrogen-bond donors (Lipinski definition) is 1. The third-order valence-corrected chi connectivity index (χ3v) is 9.59. The summed E-state index contributed by atoms with van der Waals surface area (Å²) in [4.78, 5) is 9.47. The summed E-state index contributed by atoms with van der Waals surface area (Å²) in [6.45, 7) is 10.2. The molecule has 1 aliphatic heterocycles. The molecule has 0 amide bonds. The van der Waals surface area contributed by atoms with Crippen molar-refractivity contribution < 1.29 is 4.74 Å². The second kappa shape index (κ2) is 19.6. The topological polar surface area (TPSA) is 47.0 Å². The monoisotopic (exact) mass is 513 g/mol. The van der Waals surface area contributed by atoms with E-state index in [1.54, 1.807) is 0 Å². The van der Waals surface area contributed by atoms with Crippen LogP contribution in [0, 0.1) is 11.8 Å². The van der Waals surface area contributed by atoms with Gasteiger partial charge in [0.2, 0.25) is 0 Å². The quantitative estimate of drug-likeness (QED) is 0.138. The summed E-state index contributed by atoms with van der Waals surface area (Å²) in [7, 11) is -0.381. The van der Waals surface area contributed by atoms with Gasteiger partial charge in [-0.15, -0.1) is 0 Å². The molecule has 0 fully saturated rings. The van der Waals surface area contributed by atoms with Crippen LogP contribution in [0.4, 0.5) is 0 Å². The minimum absolute atomic E-state index is 0.0319. The van der Waals surface area contributed by atoms with Crippen LogP contribution in [0.5, 0.6) is 0 Å². The number of aromatic nitrogens is 2. The van der Waals surface area contributed by atoms with E-state index >= 15 is 0 Å². The Morgan fingerprint density at radius 3 is 2.25 bits per heavy atom. The first-order chi connectivity index (χ1) is 17.6. The van der Waals surface area contributed by atoms with Gasteiger partial charge in [-0.3, -0.25) is 9.97 Å². The maximum Gasteiger partial charge on any atom is 0.146 e. The average molecular weight is 514 g/mol. The minimum atomic E-state index is -0.381. The molecule has 0 saturated carbocycles. The molecule has 3 unspecified atom stereocenters. The van der Waals surface area contributed by atoms with Crippen molar-refractivity contribution in [2.45, 2.75) is 130 Å². The van der Waals surface area contributed by atoms with Crippen molar-refractivity contribution in [1.82, 2.24) is 15.3 Å². The highest BCUT2D eigenvalue weighted by Gasteiger charge is 2.12. The first kappa shape index (κ1) is 30.8. The largest absolute Gasteiger partial charge is 0.362 e. The van der Waals surface area contributed by atoms with Gasteiger partial charge in [0, 0.05) is 29.9 Å². The molecule has 0 aliphatic carbocycles. The van der Waals surface area contributed by atoms with Gasteiger partial charge in [0.25, 0.3) is 0 Å². The van der Waals surface area contributed by atoms with Crippen molar-refractivity contribution in [1.29, 1.82) is 0 Å². The lowest BCUT2D eigenvalue weighted by atomic mass is 9.96. The maximum absolute atomic E-state index is 5.94. The van der Waals surface area contributed by atoms with Crippen molar-refractivity contribution in [2.75, 3.05) is 6.61 Å². The number of dihydropyridines is 1. The Labute approximate surface area is 225 Å². The lowest BCUT2D eigenvalue weighted by Crippen LogP contribution is -2.28. The van der Waals surface area contributed by atoms with E-state index in [-0.39, 0.29) is 15.7 Å². The van der Waals surface area contributed by atoms with Gasteiger partial charge in [0.1, 0.15) is 6.23 Å². The van der Waals surface area contributed by atoms with Crippen LogP contribution in [0.2, 0.25) is 6.04 Å². The fraction of sp³-hybridized carbons (Fsp3) is 0.742. The lowest BCUT2D eigenvalue weighted by molar-refractivity contribution is 0.0682. The molecule has 1 N–H and O–H groups in total. The van der Waals surface area contributed by atoms with E-state index in [2.05, 4.69) is 50.1 Å². The van der Waals surface area contributed by atoms with Gasteiger partial charge in [-0.1, -0.05) is 123 Å². The minimum Gasteiger partial charge on any atom is -0.362 e. The molecule has 0 bridgehead atoms. The zero-order valence-corrected chi connectivity index (χ0v) is 25.4. The van der Waals surface area contributed by atoms with Crippen molar-refractivity contribution in [3.05, 3.63) is 36.4 Å². The number of unbranched alkanes of at least 4 members (excludes halogenated alkanes) is 8. The van der Waals surface area contributed by atoms with Crippen LogP contribution in [0.25, 0.3) is 5.57 Å². The van der Waals surface area contributed by atoms with Crippen LogP contribution < -0.4 is 10.6 Å². The summed E-state index contributed by atoms with van der Waals surface area (Å²) in [5.74, 6) is 1.72. The van der Waals surface area contributed by atoms with Crippen molar-refractivity contribution in [2.24, 2.45) is 11.8 Å². The van der Waals surface area contributed by atoms with E-state index in [0.717, 1.165) is 36.1 Å². The Hall–Kier alpha value is -1.46. The van der Waals surface area contributed by atoms with Crippen molar-refractivity contribution in [3.8, 4) is 0 Å². The third-order valence-electron chi connectivity index (χ3n) is 7.47. The molecule has 1 aliphatic rings. The summed E-state index contributed by atoms with van der Waals surface area (Å²) in [5, 5.41) is 4.60. The predicted octanol–water partition coefficient (Wildman–Crippen LogP) is 7.31. The van der Waals surface area contributed by atoms with Gasteiger partial charge < -0.3 is 10.1 Å². The van der Waals surface area contributed by atoms with Crippen LogP contribution in [0.3, 0.4) is 0 Å². The van der Waals surface area contributed by atoms with Gasteiger partial charge in [-0.25, -0.2) is 0 Å². The molecule has 5 heteroatoms. The Morgan fingerprint density at radius 1 is 0.861 bits per heavy atom. The third kappa shape index (κ3) is 13.7. The maximum atomic E-state index is 5.94. The van der Waals surface area contributed by atoms with E-state index in [4.69, 9.17) is 9.72 Å². The number of rotatable bonds is 21. The smallest absolute Gasteiger partial charge is 0.146 e. The number of ether oxygens (including phenoxy) is 1. The van der Waals surface area contributed by atoms with Crippen LogP contribution in [0.1, 0.15) is 123 Å². The molecular weight excluding hydrogens is 458 g/mol. The second-order valence-corrected chi connectivity index (χ2v) is 12.9. The van der Waals surface area contributed by atoms with Gasteiger partial charge in [0.15, 0.2) is 0 Å². The summed E-state index contributed by atoms with van der Waals surface area (Å²) >= 11 is 0. The zero-order chi connectivity index (χ0) is 25.8. The molecule has 4 nitrogen and oxygen atoms in total. The van der Waals surface area contributed by atoms with E-state index in [1.807, 2.05) is 18.6 Å². The molecule has 3 atom stereocenters. The molecule has 2 heterocycles. The first-order valence-corrected chi connectivity index (χ1v) is 16.9. The van der Waals surface area contributed by atoms with Crippen LogP contribution in [-0.4, -0.2) is 32.3 Å². The van der Waals surface area contributed by atoms with Gasteiger partial charge in [-0.2, -0.15) is 0 Å². The van der Waals surface area contributed by atoms with Crippen LogP contribution in [-0.2, 0) is 4.74 Å². The highest BCUT2D eigenvalue weighted by Crippen LogP contribution is 2.19. The number of nitrogens with zero attached hydrogens (tertiary/aromatic N) is 2. The summed E-state index contributed by atoms with van der Waals surface area (Å²) in [6, 6.07) is 1.33. The Balaban J connectivity index is 1.61. The standard InChI is InChI=1S/C31H55N3OSi/c1-5-7-9-10-15-21-35-30-20-19-28(22-33-30)29-23-32-24-31(34-29)36-25-27(4)18-14-11-13-17-26(3)16-12-8-6-2/h19-20,22-24,26-27,30,33H,5-18,21,25,36H2,1-4H3. The normalized spacial score (nSPS) is 17.3. The first-order valence-electron chi connectivity index (χ1n) is 15.2. The molecule has 204 valence electrons. The number of hydrogen-bond acceptors (Lipinski definition) is 4. The van der Waals surface area contributed by atoms with Gasteiger partial charge in [-0.05, 0) is 24.3 Å². The zero-order valence-electron chi connectivity index (χ0n) is 23.9. The highest BCUT2D eigenvalue weighted by molar-refractivity contribution is 6.52. The lowest BCUT2D eigenvalue weighted by Gasteiger charge is -2.19. The van der Waals surface area contributed by atoms with Gasteiger partial charge >= 0.3 is 0 Å². The molecule has 0 aromatic carbocycles. The Kier molecular flexibility index (Phi) is 16.8. The van der Waals surface area contributed by atoms with Crippen LogP contribution in [0.15, 0.2) is 30.7 Å². The Morgan fingerprint density at radius 2 is 1.53 bits per heavy atom. The molecular formula is C31H55N3OSi. The van der Waals surface area contributed by atoms with E-state index < -0.39 is 0 Å². The predicted molar refractivity (Wildman–Crippen MR) is 159 cm³/mol. The van der Waals surface area contributed by atoms with Crippen molar-refractivity contribution in [3.63, 3.8) is 0 Å². The SMILES string of the molecule is CCCCCCCOC1C=CC(c2cncc([SiH2]CC(C)CCCCCC(C)CCCCC)n2)=CN1. The van der Waals surface area contributed by atoms with Crippen LogP contribution >= 0.6 is 0 Å². The second-order valence-electron chi connectivity index (χ2n) is 11.1. The number of nitrogens with one attached hydrogen (secondary N) is 1. The number of allylic oxidation sites excluding steroid dienone is 2. The summed E-state index contributed by atoms with van der Waals surface area (Å²) < 4.78 is 5.94. The summed E-state index contributed by atoms with van der Waals surface area (Å²) in [5.41, 5.74) is 2.07. The van der Waals surface area contributed by atoms with E-state index in [0.29, 0.717) is 0 Å². The van der Waals surface area contributed by atoms with Crippen molar-refractivity contribution >= 4 is 20.4 Å². The fourth-order valence-electron chi connectivity index (χ4n) is 4.90. The van der Waals surface area contributed by atoms with E-state index in [9.17, 15) is 0 Å². The summed E-state index contributed by atoms with van der Waals surface area (Å²) in [6.07, 6.45) is 29.0. The molecule has 2 rings (SSSR count). The molecule has 0 saturated heterocycles. The molecule has 1 aromatic rings. The van der Waals surface area contributed by atoms with Gasteiger partial charge in [0.05, 0.1) is 21.4 Å². The molecule has 0 spiro atoms.